The van der Waals surface area contributed by atoms with Crippen LogP contribution < -0.4 is 16.0 Å². The van der Waals surface area contributed by atoms with Gasteiger partial charge in [-0.3, -0.25) is 4.79 Å². The Morgan fingerprint density at radius 2 is 1.64 bits per heavy atom. The highest BCUT2D eigenvalue weighted by molar-refractivity contribution is 5.79. The Labute approximate surface area is 169 Å². The Morgan fingerprint density at radius 3 is 2.21 bits per heavy atom. The predicted octanol–water partition coefficient (Wildman–Crippen LogP) is 2.64. The molecule has 1 saturated heterocycles. The monoisotopic (exact) mass is 390 g/mol. The summed E-state index contributed by atoms with van der Waals surface area (Å²) in [6, 6.07) is 0.285. The van der Waals surface area contributed by atoms with Crippen LogP contribution in [-0.4, -0.2) is 54.6 Å². The molecule has 0 aromatic rings. The highest BCUT2D eigenvalue weighted by atomic mass is 16.2. The van der Waals surface area contributed by atoms with Crippen LogP contribution >= 0.6 is 0 Å². The molecule has 6 nitrogen and oxygen atoms in total. The summed E-state index contributed by atoms with van der Waals surface area (Å²) in [7, 11) is 0. The van der Waals surface area contributed by atoms with Crippen molar-refractivity contribution >= 4 is 11.9 Å². The molecule has 0 radical (unpaired) electrons. The average Bonchev–Trinajstić information content (AvgIpc) is 2.65. The van der Waals surface area contributed by atoms with Crippen LogP contribution in [0, 0.1) is 17.8 Å². The molecule has 0 aromatic heterocycles. The molecule has 158 valence electrons. The van der Waals surface area contributed by atoms with Crippen LogP contribution in [-0.2, 0) is 4.79 Å². The fourth-order valence-corrected chi connectivity index (χ4v) is 6.85. The molecule has 3 amide bonds. The van der Waals surface area contributed by atoms with E-state index < -0.39 is 0 Å². The fraction of sp³-hybridized carbons (Fsp3) is 0.909. The third-order valence-electron chi connectivity index (χ3n) is 7.58. The molecule has 3 N–H and O–H groups in total. The maximum absolute atomic E-state index is 12.8. The third-order valence-corrected chi connectivity index (χ3v) is 7.58. The van der Waals surface area contributed by atoms with E-state index in [9.17, 15) is 9.59 Å². The number of hydrogen-bond acceptors (Lipinski definition) is 3. The van der Waals surface area contributed by atoms with Crippen LogP contribution in [0.25, 0.3) is 0 Å². The second-order valence-electron chi connectivity index (χ2n) is 9.90. The molecule has 5 aliphatic rings. The van der Waals surface area contributed by atoms with E-state index in [1.165, 1.54) is 19.3 Å². The summed E-state index contributed by atoms with van der Waals surface area (Å²) >= 11 is 0. The van der Waals surface area contributed by atoms with E-state index in [0.717, 1.165) is 75.9 Å². The molecular weight excluding hydrogens is 352 g/mol. The number of rotatable bonds is 7. The highest BCUT2D eigenvalue weighted by Gasteiger charge is 2.51. The van der Waals surface area contributed by atoms with Gasteiger partial charge >= 0.3 is 6.03 Å². The fourth-order valence-electron chi connectivity index (χ4n) is 6.85. The summed E-state index contributed by atoms with van der Waals surface area (Å²) in [4.78, 5) is 27.4. The minimum atomic E-state index is -0.0707. The molecule has 6 heteroatoms. The Hall–Kier alpha value is -1.30. The van der Waals surface area contributed by atoms with Gasteiger partial charge in [0.15, 0.2) is 0 Å². The largest absolute Gasteiger partial charge is 0.340 e. The van der Waals surface area contributed by atoms with E-state index in [0.29, 0.717) is 19.0 Å². The lowest BCUT2D eigenvalue weighted by molar-refractivity contribution is -0.134. The molecule has 4 saturated carbocycles. The summed E-state index contributed by atoms with van der Waals surface area (Å²) in [6.45, 7) is 5.36. The zero-order valence-electron chi connectivity index (χ0n) is 17.5. The minimum absolute atomic E-state index is 0.0339. The Balaban J connectivity index is 1.23. The first-order valence-electron chi connectivity index (χ1n) is 11.6. The zero-order chi connectivity index (χ0) is 19.6. The molecule has 0 spiro atoms. The van der Waals surface area contributed by atoms with E-state index in [1.807, 2.05) is 0 Å². The normalized spacial score (nSPS) is 34.2. The Morgan fingerprint density at radius 1 is 1.04 bits per heavy atom. The summed E-state index contributed by atoms with van der Waals surface area (Å²) in [5.41, 5.74) is 0.0339. The topological polar surface area (TPSA) is 73.5 Å². The van der Waals surface area contributed by atoms with Gasteiger partial charge in [-0.1, -0.05) is 6.92 Å². The van der Waals surface area contributed by atoms with Crippen molar-refractivity contribution in [3.63, 3.8) is 0 Å². The molecule has 5 fully saturated rings. The maximum atomic E-state index is 12.8. The van der Waals surface area contributed by atoms with Gasteiger partial charge in [0, 0.05) is 31.1 Å². The van der Waals surface area contributed by atoms with Crippen molar-refractivity contribution in [3.05, 3.63) is 0 Å². The molecule has 4 bridgehead atoms. The van der Waals surface area contributed by atoms with Crippen molar-refractivity contribution in [2.45, 2.75) is 82.7 Å². The van der Waals surface area contributed by atoms with Gasteiger partial charge in [0.05, 0.1) is 0 Å². The Kier molecular flexibility index (Phi) is 6.14. The summed E-state index contributed by atoms with van der Waals surface area (Å²) < 4.78 is 0. The molecule has 1 heterocycles. The lowest BCUT2D eigenvalue weighted by Crippen LogP contribution is -2.61. The van der Waals surface area contributed by atoms with Gasteiger partial charge in [-0.15, -0.1) is 0 Å². The summed E-state index contributed by atoms with van der Waals surface area (Å²) in [5.74, 6) is 2.64. The van der Waals surface area contributed by atoms with Crippen LogP contribution in [0.2, 0.25) is 0 Å². The first-order valence-corrected chi connectivity index (χ1v) is 11.6. The van der Waals surface area contributed by atoms with Crippen LogP contribution in [0.5, 0.6) is 0 Å². The van der Waals surface area contributed by atoms with Crippen molar-refractivity contribution in [2.75, 3.05) is 26.2 Å². The highest BCUT2D eigenvalue weighted by Crippen LogP contribution is 2.55. The minimum Gasteiger partial charge on any atom is -0.340 e. The quantitative estimate of drug-likeness (QED) is 0.626. The number of carbonyl (C=O) groups excluding carboxylic acids is 2. The first kappa shape index (κ1) is 20.0. The average molecular weight is 391 g/mol. The maximum Gasteiger partial charge on any atom is 0.315 e. The van der Waals surface area contributed by atoms with Crippen molar-refractivity contribution in [1.29, 1.82) is 0 Å². The summed E-state index contributed by atoms with van der Waals surface area (Å²) in [5, 5.41) is 9.68. The van der Waals surface area contributed by atoms with E-state index in [2.05, 4.69) is 27.8 Å². The lowest BCUT2D eigenvalue weighted by Gasteiger charge is -2.56. The lowest BCUT2D eigenvalue weighted by atomic mass is 9.53. The van der Waals surface area contributed by atoms with Crippen LogP contribution in [0.4, 0.5) is 4.79 Å². The second kappa shape index (κ2) is 8.60. The molecule has 5 rings (SSSR count). The van der Waals surface area contributed by atoms with Gasteiger partial charge in [0.1, 0.15) is 0 Å². The van der Waals surface area contributed by atoms with Crippen molar-refractivity contribution in [2.24, 2.45) is 17.8 Å². The third kappa shape index (κ3) is 4.47. The molecule has 0 atom stereocenters. The van der Waals surface area contributed by atoms with Crippen molar-refractivity contribution in [1.82, 2.24) is 20.9 Å². The first-order chi connectivity index (χ1) is 13.6. The Bertz CT molecular complexity index is 538. The molecule has 1 aliphatic heterocycles. The zero-order valence-corrected chi connectivity index (χ0v) is 17.5. The van der Waals surface area contributed by atoms with E-state index >= 15 is 0 Å². The van der Waals surface area contributed by atoms with Gasteiger partial charge in [-0.2, -0.15) is 0 Å². The molecule has 0 aromatic carbocycles. The standard InChI is InChI=1S/C22H38N4O2/c1-2-9-26(19-3-6-23-7-4-19)20(27)5-8-24-21(28)25-22-13-16-10-17(14-22)12-18(11-16)15-22/h16-19,23H,2-15H2,1H3,(H2,24,25,28). The van der Waals surface area contributed by atoms with Gasteiger partial charge in [0.25, 0.3) is 0 Å². The predicted molar refractivity (Wildman–Crippen MR) is 110 cm³/mol. The second-order valence-corrected chi connectivity index (χ2v) is 9.90. The molecular formula is C22H38N4O2. The molecule has 4 aliphatic carbocycles. The molecule has 0 unspecified atom stereocenters. The number of carbonyl (C=O) groups is 2. The number of amides is 3. The SMILES string of the molecule is CCCN(C(=O)CCNC(=O)NC12CC3CC(CC(C3)C1)C2)C1CCNCC1. The summed E-state index contributed by atoms with van der Waals surface area (Å²) in [6.07, 6.45) is 11.1. The van der Waals surface area contributed by atoms with Gasteiger partial charge in [-0.25, -0.2) is 4.79 Å². The van der Waals surface area contributed by atoms with E-state index in [-0.39, 0.29) is 17.5 Å². The van der Waals surface area contributed by atoms with Gasteiger partial charge in [0.2, 0.25) is 5.91 Å². The number of piperidine rings is 1. The van der Waals surface area contributed by atoms with Crippen LogP contribution in [0.3, 0.4) is 0 Å². The number of nitrogens with one attached hydrogen (secondary N) is 3. The molecule has 28 heavy (non-hydrogen) atoms. The van der Waals surface area contributed by atoms with E-state index in [1.54, 1.807) is 0 Å². The number of nitrogens with zero attached hydrogens (tertiary/aromatic N) is 1. The van der Waals surface area contributed by atoms with Crippen LogP contribution in [0.15, 0.2) is 0 Å². The number of hydrogen-bond donors (Lipinski definition) is 3. The number of urea groups is 1. The van der Waals surface area contributed by atoms with E-state index in [4.69, 9.17) is 0 Å². The van der Waals surface area contributed by atoms with Gasteiger partial charge in [-0.05, 0) is 88.6 Å². The van der Waals surface area contributed by atoms with Gasteiger partial charge < -0.3 is 20.9 Å². The van der Waals surface area contributed by atoms with Crippen LogP contribution in [0.1, 0.15) is 71.1 Å². The smallest absolute Gasteiger partial charge is 0.315 e. The van der Waals surface area contributed by atoms with Crippen molar-refractivity contribution < 1.29 is 9.59 Å². The van der Waals surface area contributed by atoms with Crippen molar-refractivity contribution in [3.8, 4) is 0 Å².